The van der Waals surface area contributed by atoms with E-state index in [1.165, 1.54) is 4.90 Å². The second kappa shape index (κ2) is 6.03. The van der Waals surface area contributed by atoms with Crippen LogP contribution >= 0.6 is 0 Å². The second-order valence-electron chi connectivity index (χ2n) is 6.22. The van der Waals surface area contributed by atoms with Crippen LogP contribution in [0.15, 0.2) is 0 Å². The van der Waals surface area contributed by atoms with Gasteiger partial charge in [-0.05, 0) is 18.5 Å². The molecule has 1 fully saturated rings. The van der Waals surface area contributed by atoms with Gasteiger partial charge in [-0.15, -0.1) is 0 Å². The number of nitrogens with one attached hydrogen (secondary N) is 1. The molecule has 2 N–H and O–H groups in total. The lowest BCUT2D eigenvalue weighted by Crippen LogP contribution is -2.61. The van der Waals surface area contributed by atoms with Crippen molar-refractivity contribution in [1.82, 2.24) is 10.2 Å². The van der Waals surface area contributed by atoms with Crippen LogP contribution in [0.25, 0.3) is 0 Å². The number of nitrogens with zero attached hydrogens (tertiary/aromatic N) is 1. The van der Waals surface area contributed by atoms with Crippen LogP contribution in [-0.2, 0) is 4.43 Å². The standard InChI is InChI=1S/C12H26N2O3Si/c1-12(2,3)10(17-18(4)5)9-8-13-6-7-14(9)11(15)16/h9-10,13,18H,6-8H2,1-5H3,(H,15,16)/t9-,10?/m1/s1. The molecule has 0 spiro atoms. The second-order valence-corrected chi connectivity index (χ2v) is 8.59. The Morgan fingerprint density at radius 3 is 2.56 bits per heavy atom. The molecule has 1 heterocycles. The van der Waals surface area contributed by atoms with Gasteiger partial charge in [0.2, 0.25) is 0 Å². The molecule has 0 radical (unpaired) electrons. The van der Waals surface area contributed by atoms with E-state index < -0.39 is 15.1 Å². The minimum Gasteiger partial charge on any atom is -0.465 e. The molecule has 0 bridgehead atoms. The average Bonchev–Trinajstić information content (AvgIpc) is 2.24. The van der Waals surface area contributed by atoms with Gasteiger partial charge < -0.3 is 19.7 Å². The van der Waals surface area contributed by atoms with Gasteiger partial charge in [-0.3, -0.25) is 0 Å². The van der Waals surface area contributed by atoms with Crippen molar-refractivity contribution in [2.45, 2.75) is 46.0 Å². The highest BCUT2D eigenvalue weighted by atomic mass is 28.3. The summed E-state index contributed by atoms with van der Waals surface area (Å²) in [5.41, 5.74) is -0.0609. The molecular formula is C12H26N2O3Si. The Balaban J connectivity index is 2.91. The van der Waals surface area contributed by atoms with Gasteiger partial charge in [0.1, 0.15) is 0 Å². The molecule has 0 aromatic carbocycles. The molecule has 0 aromatic rings. The van der Waals surface area contributed by atoms with Crippen molar-refractivity contribution in [2.24, 2.45) is 5.41 Å². The SMILES string of the molecule is C[SiH](C)OC([C@H]1CNCCN1C(=O)O)C(C)(C)C. The number of hydrogen-bond donors (Lipinski definition) is 2. The van der Waals surface area contributed by atoms with Crippen LogP contribution in [0, 0.1) is 5.41 Å². The summed E-state index contributed by atoms with van der Waals surface area (Å²) < 4.78 is 6.13. The third-order valence-electron chi connectivity index (χ3n) is 3.15. The molecule has 1 saturated heterocycles. The van der Waals surface area contributed by atoms with Gasteiger partial charge in [0.15, 0.2) is 9.04 Å². The molecule has 1 aliphatic heterocycles. The Hall–Kier alpha value is -0.593. The quantitative estimate of drug-likeness (QED) is 0.763. The fourth-order valence-corrected chi connectivity index (χ4v) is 3.57. The zero-order valence-corrected chi connectivity index (χ0v) is 13.2. The summed E-state index contributed by atoms with van der Waals surface area (Å²) in [5, 5.41) is 12.6. The van der Waals surface area contributed by atoms with E-state index in [9.17, 15) is 9.90 Å². The number of carboxylic acid groups (broad SMARTS) is 1. The predicted molar refractivity (Wildman–Crippen MR) is 74.6 cm³/mol. The van der Waals surface area contributed by atoms with Crippen molar-refractivity contribution in [3.63, 3.8) is 0 Å². The summed E-state index contributed by atoms with van der Waals surface area (Å²) in [6.07, 6.45) is -0.891. The van der Waals surface area contributed by atoms with Gasteiger partial charge in [-0.1, -0.05) is 20.8 Å². The third-order valence-corrected chi connectivity index (χ3v) is 3.99. The first-order chi connectivity index (χ1) is 8.23. The zero-order valence-electron chi connectivity index (χ0n) is 12.1. The maximum Gasteiger partial charge on any atom is 0.407 e. The maximum absolute atomic E-state index is 11.3. The molecule has 0 aromatic heterocycles. The maximum atomic E-state index is 11.3. The van der Waals surface area contributed by atoms with Crippen molar-refractivity contribution in [3.8, 4) is 0 Å². The molecule has 6 heteroatoms. The number of piperazine rings is 1. The minimum atomic E-state index is -1.21. The van der Waals surface area contributed by atoms with Gasteiger partial charge >= 0.3 is 6.09 Å². The lowest BCUT2D eigenvalue weighted by atomic mass is 9.83. The lowest BCUT2D eigenvalue weighted by Gasteiger charge is -2.45. The monoisotopic (exact) mass is 274 g/mol. The highest BCUT2D eigenvalue weighted by molar-refractivity contribution is 6.48. The van der Waals surface area contributed by atoms with Crippen LogP contribution in [0.2, 0.25) is 13.1 Å². The van der Waals surface area contributed by atoms with Gasteiger partial charge in [0.25, 0.3) is 0 Å². The van der Waals surface area contributed by atoms with E-state index in [1.54, 1.807) is 0 Å². The predicted octanol–water partition coefficient (Wildman–Crippen LogP) is 1.35. The number of amides is 1. The van der Waals surface area contributed by atoms with Crippen molar-refractivity contribution < 1.29 is 14.3 Å². The van der Waals surface area contributed by atoms with Gasteiger partial charge in [-0.25, -0.2) is 4.79 Å². The average molecular weight is 274 g/mol. The summed E-state index contributed by atoms with van der Waals surface area (Å²) in [7, 11) is -1.21. The van der Waals surface area contributed by atoms with Gasteiger partial charge in [0, 0.05) is 19.6 Å². The molecule has 1 aliphatic rings. The number of hydrogen-bond acceptors (Lipinski definition) is 3. The van der Waals surface area contributed by atoms with E-state index in [0.717, 1.165) is 6.54 Å². The Labute approximate surface area is 111 Å². The fraction of sp³-hybridized carbons (Fsp3) is 0.917. The first kappa shape index (κ1) is 15.5. The zero-order chi connectivity index (χ0) is 13.9. The Bertz CT molecular complexity index is 292. The highest BCUT2D eigenvalue weighted by Gasteiger charge is 2.40. The largest absolute Gasteiger partial charge is 0.465 e. The summed E-state index contributed by atoms with van der Waals surface area (Å²) in [6, 6.07) is -0.0915. The smallest absolute Gasteiger partial charge is 0.407 e. The summed E-state index contributed by atoms with van der Waals surface area (Å²) in [4.78, 5) is 12.9. The molecule has 0 saturated carbocycles. The first-order valence-corrected chi connectivity index (χ1v) is 9.37. The third kappa shape index (κ3) is 3.96. The highest BCUT2D eigenvalue weighted by Crippen LogP contribution is 2.29. The van der Waals surface area contributed by atoms with Crippen LogP contribution in [0.5, 0.6) is 0 Å². The minimum absolute atomic E-state index is 0.0481. The van der Waals surface area contributed by atoms with E-state index >= 15 is 0 Å². The number of rotatable bonds is 3. The van der Waals surface area contributed by atoms with Crippen LogP contribution in [0.3, 0.4) is 0 Å². The topological polar surface area (TPSA) is 61.8 Å². The Morgan fingerprint density at radius 1 is 1.50 bits per heavy atom. The molecule has 106 valence electrons. The molecule has 2 atom stereocenters. The lowest BCUT2D eigenvalue weighted by molar-refractivity contribution is -0.00627. The summed E-state index contributed by atoms with van der Waals surface area (Å²) in [6.45, 7) is 12.5. The van der Waals surface area contributed by atoms with E-state index in [1.807, 2.05) is 0 Å². The summed E-state index contributed by atoms with van der Waals surface area (Å²) in [5.74, 6) is 0. The molecule has 5 nitrogen and oxygen atoms in total. The van der Waals surface area contributed by atoms with E-state index in [-0.39, 0.29) is 17.6 Å². The Kier molecular flexibility index (Phi) is 5.18. The van der Waals surface area contributed by atoms with E-state index in [4.69, 9.17) is 4.43 Å². The van der Waals surface area contributed by atoms with Gasteiger partial charge in [0.05, 0.1) is 12.1 Å². The van der Waals surface area contributed by atoms with Crippen molar-refractivity contribution >= 4 is 15.1 Å². The summed E-state index contributed by atoms with van der Waals surface area (Å²) >= 11 is 0. The van der Waals surface area contributed by atoms with Crippen LogP contribution in [0.4, 0.5) is 4.79 Å². The van der Waals surface area contributed by atoms with E-state index in [2.05, 4.69) is 39.2 Å². The Morgan fingerprint density at radius 2 is 2.11 bits per heavy atom. The van der Waals surface area contributed by atoms with Gasteiger partial charge in [-0.2, -0.15) is 0 Å². The molecule has 1 unspecified atom stereocenters. The first-order valence-electron chi connectivity index (χ1n) is 6.59. The van der Waals surface area contributed by atoms with Crippen LogP contribution in [0.1, 0.15) is 20.8 Å². The fourth-order valence-electron chi connectivity index (χ4n) is 2.40. The molecule has 18 heavy (non-hydrogen) atoms. The van der Waals surface area contributed by atoms with E-state index in [0.29, 0.717) is 13.1 Å². The normalized spacial score (nSPS) is 23.2. The molecule has 0 aliphatic carbocycles. The van der Waals surface area contributed by atoms with Crippen molar-refractivity contribution in [2.75, 3.05) is 19.6 Å². The molecular weight excluding hydrogens is 248 g/mol. The van der Waals surface area contributed by atoms with Crippen LogP contribution in [-0.4, -0.2) is 56.9 Å². The van der Waals surface area contributed by atoms with Crippen molar-refractivity contribution in [3.05, 3.63) is 0 Å². The van der Waals surface area contributed by atoms with Crippen molar-refractivity contribution in [1.29, 1.82) is 0 Å². The number of carbonyl (C=O) groups is 1. The molecule has 1 amide bonds. The van der Waals surface area contributed by atoms with Crippen LogP contribution < -0.4 is 5.32 Å². The molecule has 1 rings (SSSR count).